The highest BCUT2D eigenvalue weighted by atomic mass is 16.3. The molecule has 0 atom stereocenters. The number of amides is 1. The lowest BCUT2D eigenvalue weighted by Crippen LogP contribution is -2.54. The van der Waals surface area contributed by atoms with Crippen molar-refractivity contribution in [2.75, 3.05) is 52.4 Å². The number of likely N-dealkylation sites (tertiary alicyclic amines) is 1. The standard InChI is InChI=1S/C19H30N4O2/c1-15-13-17(14-16(2)20-15)19(25)23-5-3-18(4-6-23)22-9-7-21(8-10-22)11-12-24/h13-14,18,24H,3-12H2,1-2H3. The fraction of sp³-hybridized carbons (Fsp3) is 0.684. The molecule has 0 aromatic carbocycles. The minimum absolute atomic E-state index is 0.139. The van der Waals surface area contributed by atoms with Crippen LogP contribution in [0.15, 0.2) is 12.1 Å². The lowest BCUT2D eigenvalue weighted by Gasteiger charge is -2.42. The maximum atomic E-state index is 12.8. The van der Waals surface area contributed by atoms with Gasteiger partial charge in [-0.15, -0.1) is 0 Å². The monoisotopic (exact) mass is 346 g/mol. The first kappa shape index (κ1) is 18.3. The second kappa shape index (κ2) is 8.25. The van der Waals surface area contributed by atoms with E-state index in [-0.39, 0.29) is 12.5 Å². The van der Waals surface area contributed by atoms with E-state index in [4.69, 9.17) is 5.11 Å². The van der Waals surface area contributed by atoms with Crippen LogP contribution in [0.5, 0.6) is 0 Å². The summed E-state index contributed by atoms with van der Waals surface area (Å²) in [5.74, 6) is 0.139. The molecule has 2 saturated heterocycles. The van der Waals surface area contributed by atoms with Gasteiger partial charge in [-0.3, -0.25) is 19.6 Å². The first-order valence-corrected chi connectivity index (χ1v) is 9.38. The molecule has 0 bridgehead atoms. The van der Waals surface area contributed by atoms with Gasteiger partial charge in [-0.1, -0.05) is 0 Å². The number of piperazine rings is 1. The normalized spacial score (nSPS) is 20.8. The number of aliphatic hydroxyl groups is 1. The fourth-order valence-corrected chi connectivity index (χ4v) is 4.07. The van der Waals surface area contributed by atoms with Crippen LogP contribution in [0, 0.1) is 13.8 Å². The first-order chi connectivity index (χ1) is 12.1. The molecule has 0 spiro atoms. The summed E-state index contributed by atoms with van der Waals surface area (Å²) in [5, 5.41) is 9.05. The molecule has 2 aliphatic rings. The van der Waals surface area contributed by atoms with Crippen LogP contribution >= 0.6 is 0 Å². The largest absolute Gasteiger partial charge is 0.395 e. The van der Waals surface area contributed by atoms with Gasteiger partial charge in [0, 0.05) is 68.8 Å². The number of carbonyl (C=O) groups is 1. The number of pyridine rings is 1. The average molecular weight is 346 g/mol. The number of aromatic nitrogens is 1. The predicted octanol–water partition coefficient (Wildman–Crippen LogP) is 0.913. The molecular weight excluding hydrogens is 316 g/mol. The Morgan fingerprint density at radius 1 is 1.08 bits per heavy atom. The quantitative estimate of drug-likeness (QED) is 0.878. The van der Waals surface area contributed by atoms with E-state index in [2.05, 4.69) is 14.8 Å². The summed E-state index contributed by atoms with van der Waals surface area (Å²) >= 11 is 0. The molecule has 138 valence electrons. The van der Waals surface area contributed by atoms with Crippen molar-refractivity contribution in [3.8, 4) is 0 Å². The van der Waals surface area contributed by atoms with E-state index in [1.54, 1.807) is 0 Å². The summed E-state index contributed by atoms with van der Waals surface area (Å²) in [6, 6.07) is 4.37. The number of nitrogens with zero attached hydrogens (tertiary/aromatic N) is 4. The molecule has 2 aliphatic heterocycles. The van der Waals surface area contributed by atoms with Gasteiger partial charge in [-0.05, 0) is 38.8 Å². The highest BCUT2D eigenvalue weighted by Crippen LogP contribution is 2.20. The minimum Gasteiger partial charge on any atom is -0.395 e. The van der Waals surface area contributed by atoms with Crippen molar-refractivity contribution < 1.29 is 9.90 Å². The van der Waals surface area contributed by atoms with Crippen molar-refractivity contribution in [1.82, 2.24) is 19.7 Å². The number of aryl methyl sites for hydroxylation is 2. The molecule has 1 aromatic heterocycles. The van der Waals surface area contributed by atoms with Crippen molar-refractivity contribution in [3.63, 3.8) is 0 Å². The van der Waals surface area contributed by atoms with E-state index in [0.717, 1.165) is 75.6 Å². The van der Waals surface area contributed by atoms with E-state index in [1.165, 1.54) is 0 Å². The summed E-state index contributed by atoms with van der Waals surface area (Å²) in [7, 11) is 0. The molecule has 6 nitrogen and oxygen atoms in total. The average Bonchev–Trinajstić information content (AvgIpc) is 2.61. The van der Waals surface area contributed by atoms with Crippen LogP contribution in [0.25, 0.3) is 0 Å². The number of β-amino-alcohol motifs (C(OH)–C–C–N with tert-alkyl or cyclic N) is 1. The van der Waals surface area contributed by atoms with Gasteiger partial charge in [0.05, 0.1) is 6.61 Å². The third-order valence-corrected chi connectivity index (χ3v) is 5.42. The van der Waals surface area contributed by atoms with E-state index in [1.807, 2.05) is 30.9 Å². The molecule has 0 radical (unpaired) electrons. The Morgan fingerprint density at radius 3 is 2.24 bits per heavy atom. The maximum Gasteiger partial charge on any atom is 0.253 e. The SMILES string of the molecule is Cc1cc(C(=O)N2CCC(N3CCN(CCO)CC3)CC2)cc(C)n1. The lowest BCUT2D eigenvalue weighted by atomic mass is 10.0. The van der Waals surface area contributed by atoms with Crippen LogP contribution in [-0.2, 0) is 0 Å². The summed E-state index contributed by atoms with van der Waals surface area (Å²) in [5.41, 5.74) is 2.57. The van der Waals surface area contributed by atoms with E-state index < -0.39 is 0 Å². The van der Waals surface area contributed by atoms with Gasteiger partial charge in [0.2, 0.25) is 0 Å². The highest BCUT2D eigenvalue weighted by Gasteiger charge is 2.29. The molecule has 6 heteroatoms. The number of aliphatic hydroxyl groups excluding tert-OH is 1. The van der Waals surface area contributed by atoms with Crippen molar-refractivity contribution in [3.05, 3.63) is 29.1 Å². The molecule has 3 heterocycles. The number of carbonyl (C=O) groups excluding carboxylic acids is 1. The summed E-state index contributed by atoms with van der Waals surface area (Å²) in [6.45, 7) is 10.8. The van der Waals surface area contributed by atoms with Gasteiger partial charge in [-0.25, -0.2) is 0 Å². The zero-order chi connectivity index (χ0) is 17.8. The summed E-state index contributed by atoms with van der Waals surface area (Å²) in [6.07, 6.45) is 2.10. The predicted molar refractivity (Wildman–Crippen MR) is 97.7 cm³/mol. The number of rotatable bonds is 4. The van der Waals surface area contributed by atoms with E-state index in [9.17, 15) is 4.79 Å². The van der Waals surface area contributed by atoms with Gasteiger partial charge in [0.25, 0.3) is 5.91 Å². The Bertz CT molecular complexity index is 571. The maximum absolute atomic E-state index is 12.8. The summed E-state index contributed by atoms with van der Waals surface area (Å²) in [4.78, 5) is 24.0. The lowest BCUT2D eigenvalue weighted by molar-refractivity contribution is 0.0451. The Balaban J connectivity index is 1.51. The van der Waals surface area contributed by atoms with Crippen LogP contribution in [-0.4, -0.2) is 89.2 Å². The van der Waals surface area contributed by atoms with Crippen molar-refractivity contribution in [2.24, 2.45) is 0 Å². The Kier molecular flexibility index (Phi) is 6.04. The van der Waals surface area contributed by atoms with Crippen LogP contribution in [0.3, 0.4) is 0 Å². The zero-order valence-electron chi connectivity index (χ0n) is 15.4. The highest BCUT2D eigenvalue weighted by molar-refractivity contribution is 5.94. The molecule has 1 aromatic rings. The molecule has 2 fully saturated rings. The summed E-state index contributed by atoms with van der Waals surface area (Å²) < 4.78 is 0. The molecule has 1 N–H and O–H groups in total. The van der Waals surface area contributed by atoms with Crippen LogP contribution in [0.1, 0.15) is 34.6 Å². The molecule has 3 rings (SSSR count). The van der Waals surface area contributed by atoms with Crippen LogP contribution in [0.2, 0.25) is 0 Å². The van der Waals surface area contributed by atoms with E-state index >= 15 is 0 Å². The Morgan fingerprint density at radius 2 is 1.68 bits per heavy atom. The smallest absolute Gasteiger partial charge is 0.253 e. The second-order valence-corrected chi connectivity index (χ2v) is 7.26. The fourth-order valence-electron chi connectivity index (χ4n) is 4.07. The number of piperidine rings is 1. The Hall–Kier alpha value is -1.50. The first-order valence-electron chi connectivity index (χ1n) is 9.38. The topological polar surface area (TPSA) is 59.9 Å². The van der Waals surface area contributed by atoms with Crippen molar-refractivity contribution in [1.29, 1.82) is 0 Å². The van der Waals surface area contributed by atoms with Gasteiger partial charge < -0.3 is 10.0 Å². The molecule has 25 heavy (non-hydrogen) atoms. The zero-order valence-corrected chi connectivity index (χ0v) is 15.4. The molecule has 0 aliphatic carbocycles. The van der Waals surface area contributed by atoms with Crippen molar-refractivity contribution in [2.45, 2.75) is 32.7 Å². The Labute approximate surface area is 150 Å². The second-order valence-electron chi connectivity index (χ2n) is 7.26. The molecule has 0 saturated carbocycles. The third-order valence-electron chi connectivity index (χ3n) is 5.42. The van der Waals surface area contributed by atoms with E-state index in [0.29, 0.717) is 6.04 Å². The number of hydrogen-bond acceptors (Lipinski definition) is 5. The molecular formula is C19H30N4O2. The van der Waals surface area contributed by atoms with Crippen LogP contribution in [0.4, 0.5) is 0 Å². The van der Waals surface area contributed by atoms with Gasteiger partial charge in [0.1, 0.15) is 0 Å². The minimum atomic E-state index is 0.139. The molecule has 1 amide bonds. The third kappa shape index (κ3) is 4.57. The van der Waals surface area contributed by atoms with Crippen LogP contribution < -0.4 is 0 Å². The van der Waals surface area contributed by atoms with Gasteiger partial charge in [-0.2, -0.15) is 0 Å². The van der Waals surface area contributed by atoms with Gasteiger partial charge in [0.15, 0.2) is 0 Å². The van der Waals surface area contributed by atoms with Gasteiger partial charge >= 0.3 is 0 Å². The number of hydrogen-bond donors (Lipinski definition) is 1. The molecule has 0 unspecified atom stereocenters. The van der Waals surface area contributed by atoms with Crippen molar-refractivity contribution >= 4 is 5.91 Å².